The Bertz CT molecular complexity index is 1430. The normalized spacial score (nSPS) is 17.7. The number of hydrogen-bond donors (Lipinski definition) is 1. The number of benzene rings is 2. The third-order valence-corrected chi connectivity index (χ3v) is 7.61. The molecule has 0 radical (unpaired) electrons. The number of hydrogen-bond acceptors (Lipinski definition) is 7. The minimum Gasteiger partial charge on any atom is -0.489 e. The van der Waals surface area contributed by atoms with Gasteiger partial charge in [0.05, 0.1) is 35.4 Å². The number of pyridine rings is 1. The SMILES string of the molecule is N#Cc1ccc(CN2CCC(NC(=O)c3ccc(C(=O)N4CCCC(Oc5ccc(C#N)cc5)C4)cn3)CC2)cc1. The molecule has 2 aliphatic heterocycles. The maximum atomic E-state index is 13.1. The second-order valence-corrected chi connectivity index (χ2v) is 10.5. The summed E-state index contributed by atoms with van der Waals surface area (Å²) in [6, 6.07) is 22.2. The number of nitrogens with one attached hydrogen (secondary N) is 1. The van der Waals surface area contributed by atoms with Crippen molar-refractivity contribution in [3.63, 3.8) is 0 Å². The molecule has 3 heterocycles. The lowest BCUT2D eigenvalue weighted by Crippen LogP contribution is -2.45. The first-order chi connectivity index (χ1) is 20.0. The van der Waals surface area contributed by atoms with Gasteiger partial charge in [-0.05, 0) is 79.8 Å². The summed E-state index contributed by atoms with van der Waals surface area (Å²) in [5, 5.41) is 21.0. The fraction of sp³-hybridized carbons (Fsp3) is 0.344. The molecule has 1 N–H and O–H groups in total. The van der Waals surface area contributed by atoms with Crippen molar-refractivity contribution in [1.82, 2.24) is 20.1 Å². The van der Waals surface area contributed by atoms with E-state index in [4.69, 9.17) is 15.3 Å². The average Bonchev–Trinajstić information content (AvgIpc) is 3.02. The zero-order valence-corrected chi connectivity index (χ0v) is 22.8. The Morgan fingerprint density at radius 3 is 2.22 bits per heavy atom. The number of likely N-dealkylation sites (tertiary alicyclic amines) is 2. The van der Waals surface area contributed by atoms with Gasteiger partial charge in [0, 0.05) is 38.4 Å². The van der Waals surface area contributed by atoms with Crippen LogP contribution in [0.1, 0.15) is 63.2 Å². The molecule has 5 rings (SSSR count). The van der Waals surface area contributed by atoms with Crippen molar-refractivity contribution in [2.45, 2.75) is 44.4 Å². The summed E-state index contributed by atoms with van der Waals surface area (Å²) in [6.45, 7) is 3.67. The fourth-order valence-electron chi connectivity index (χ4n) is 5.29. The predicted octanol–water partition coefficient (Wildman–Crippen LogP) is 3.90. The van der Waals surface area contributed by atoms with Crippen LogP contribution in [-0.4, -0.2) is 64.9 Å². The second-order valence-electron chi connectivity index (χ2n) is 10.5. The molecule has 9 nitrogen and oxygen atoms in total. The van der Waals surface area contributed by atoms with E-state index in [1.807, 2.05) is 24.3 Å². The van der Waals surface area contributed by atoms with Gasteiger partial charge in [-0.25, -0.2) is 0 Å². The molecule has 0 aliphatic carbocycles. The number of piperidine rings is 2. The molecule has 0 bridgehead atoms. The number of ether oxygens (including phenoxy) is 1. The molecule has 1 unspecified atom stereocenters. The largest absolute Gasteiger partial charge is 0.489 e. The van der Waals surface area contributed by atoms with Gasteiger partial charge in [0.25, 0.3) is 11.8 Å². The van der Waals surface area contributed by atoms with Crippen molar-refractivity contribution in [2.75, 3.05) is 26.2 Å². The average molecular weight is 549 g/mol. The maximum Gasteiger partial charge on any atom is 0.270 e. The van der Waals surface area contributed by atoms with Gasteiger partial charge in [0.1, 0.15) is 17.5 Å². The number of nitriles is 2. The van der Waals surface area contributed by atoms with E-state index < -0.39 is 0 Å². The first-order valence-electron chi connectivity index (χ1n) is 13.9. The van der Waals surface area contributed by atoms with Crippen LogP contribution in [0.15, 0.2) is 66.9 Å². The Hall–Kier alpha value is -4.73. The van der Waals surface area contributed by atoms with E-state index in [-0.39, 0.29) is 24.0 Å². The summed E-state index contributed by atoms with van der Waals surface area (Å²) < 4.78 is 6.05. The quantitative estimate of drug-likeness (QED) is 0.475. The van der Waals surface area contributed by atoms with E-state index in [2.05, 4.69) is 27.3 Å². The van der Waals surface area contributed by atoms with E-state index in [0.717, 1.165) is 45.3 Å². The Labute approximate surface area is 240 Å². The van der Waals surface area contributed by atoms with Gasteiger partial charge in [0.15, 0.2) is 0 Å². The van der Waals surface area contributed by atoms with Crippen LogP contribution in [0, 0.1) is 22.7 Å². The zero-order valence-electron chi connectivity index (χ0n) is 22.8. The van der Waals surface area contributed by atoms with Gasteiger partial charge in [-0.1, -0.05) is 12.1 Å². The van der Waals surface area contributed by atoms with Crippen LogP contribution >= 0.6 is 0 Å². The van der Waals surface area contributed by atoms with E-state index in [1.54, 1.807) is 41.3 Å². The molecule has 208 valence electrons. The molecule has 2 amide bonds. The lowest BCUT2D eigenvalue weighted by molar-refractivity contribution is 0.0537. The molecule has 2 saturated heterocycles. The Balaban J connectivity index is 1.08. The molecule has 3 aromatic rings. The maximum absolute atomic E-state index is 13.1. The Morgan fingerprint density at radius 2 is 1.59 bits per heavy atom. The van der Waals surface area contributed by atoms with Crippen LogP contribution in [-0.2, 0) is 6.54 Å². The van der Waals surface area contributed by atoms with Gasteiger partial charge >= 0.3 is 0 Å². The highest BCUT2D eigenvalue weighted by Gasteiger charge is 2.27. The second kappa shape index (κ2) is 13.1. The van der Waals surface area contributed by atoms with Crippen LogP contribution in [0.25, 0.3) is 0 Å². The van der Waals surface area contributed by atoms with Gasteiger partial charge in [0.2, 0.25) is 0 Å². The molecule has 41 heavy (non-hydrogen) atoms. The Morgan fingerprint density at radius 1 is 0.902 bits per heavy atom. The third-order valence-electron chi connectivity index (χ3n) is 7.61. The predicted molar refractivity (Wildman–Crippen MR) is 152 cm³/mol. The summed E-state index contributed by atoms with van der Waals surface area (Å²) in [4.78, 5) is 34.4. The van der Waals surface area contributed by atoms with Crippen molar-refractivity contribution < 1.29 is 14.3 Å². The summed E-state index contributed by atoms with van der Waals surface area (Å²) in [5.74, 6) is 0.313. The van der Waals surface area contributed by atoms with E-state index in [1.165, 1.54) is 11.8 Å². The van der Waals surface area contributed by atoms with Crippen molar-refractivity contribution in [1.29, 1.82) is 10.5 Å². The number of carbonyl (C=O) groups excluding carboxylic acids is 2. The fourth-order valence-corrected chi connectivity index (χ4v) is 5.29. The van der Waals surface area contributed by atoms with E-state index >= 15 is 0 Å². The van der Waals surface area contributed by atoms with Crippen LogP contribution in [0.2, 0.25) is 0 Å². The highest BCUT2D eigenvalue weighted by Crippen LogP contribution is 2.21. The van der Waals surface area contributed by atoms with Crippen LogP contribution < -0.4 is 10.1 Å². The lowest BCUT2D eigenvalue weighted by Gasteiger charge is -2.33. The van der Waals surface area contributed by atoms with E-state index in [0.29, 0.717) is 41.2 Å². The summed E-state index contributed by atoms with van der Waals surface area (Å²) in [6.07, 6.45) is 4.71. The van der Waals surface area contributed by atoms with Crippen molar-refractivity contribution in [3.05, 3.63) is 94.8 Å². The van der Waals surface area contributed by atoms with Gasteiger partial charge in [-0.15, -0.1) is 0 Å². The van der Waals surface area contributed by atoms with Crippen LogP contribution in [0.5, 0.6) is 5.75 Å². The highest BCUT2D eigenvalue weighted by molar-refractivity contribution is 5.96. The van der Waals surface area contributed by atoms with Crippen LogP contribution in [0.3, 0.4) is 0 Å². The number of carbonyl (C=O) groups is 2. The van der Waals surface area contributed by atoms with Crippen molar-refractivity contribution in [2.24, 2.45) is 0 Å². The molecule has 1 aromatic heterocycles. The third kappa shape index (κ3) is 7.27. The highest BCUT2D eigenvalue weighted by atomic mass is 16.5. The summed E-state index contributed by atoms with van der Waals surface area (Å²) >= 11 is 0. The van der Waals surface area contributed by atoms with E-state index in [9.17, 15) is 9.59 Å². The van der Waals surface area contributed by atoms with Crippen molar-refractivity contribution >= 4 is 11.8 Å². The molecule has 2 fully saturated rings. The number of nitrogens with zero attached hydrogens (tertiary/aromatic N) is 5. The summed E-state index contributed by atoms with van der Waals surface area (Å²) in [5.41, 5.74) is 3.14. The first kappa shape index (κ1) is 27.8. The molecule has 9 heteroatoms. The minimum atomic E-state index is -0.233. The smallest absolute Gasteiger partial charge is 0.270 e. The number of rotatable bonds is 7. The van der Waals surface area contributed by atoms with Crippen molar-refractivity contribution in [3.8, 4) is 17.9 Å². The topological polar surface area (TPSA) is 122 Å². The number of aromatic nitrogens is 1. The minimum absolute atomic E-state index is 0.0733. The van der Waals surface area contributed by atoms with Gasteiger partial charge < -0.3 is 15.0 Å². The number of amides is 2. The molecule has 2 aliphatic rings. The van der Waals surface area contributed by atoms with Gasteiger partial charge in [-0.2, -0.15) is 10.5 Å². The Kier molecular flexibility index (Phi) is 8.88. The molecular formula is C32H32N6O3. The van der Waals surface area contributed by atoms with Crippen LogP contribution in [0.4, 0.5) is 0 Å². The molecule has 2 aromatic carbocycles. The summed E-state index contributed by atoms with van der Waals surface area (Å²) in [7, 11) is 0. The standard InChI is InChI=1S/C32H32N6O3/c33-18-23-3-5-25(6-4-23)21-37-16-13-27(14-17-37)36-31(39)30-12-9-26(20-35-30)32(40)38-15-1-2-29(22-38)41-28-10-7-24(19-34)8-11-28/h3-12,20,27,29H,1-2,13-17,21-22H2,(H,36,39). The molecular weight excluding hydrogens is 516 g/mol. The first-order valence-corrected chi connectivity index (χ1v) is 13.9. The molecule has 1 atom stereocenters. The lowest BCUT2D eigenvalue weighted by atomic mass is 10.0. The monoisotopic (exact) mass is 548 g/mol. The van der Waals surface area contributed by atoms with Gasteiger partial charge in [-0.3, -0.25) is 19.5 Å². The molecule has 0 spiro atoms. The molecule has 0 saturated carbocycles. The zero-order chi connectivity index (χ0) is 28.6.